The molecular formula is C9H13NO3. The van der Waals surface area contributed by atoms with Gasteiger partial charge in [-0.1, -0.05) is 0 Å². The van der Waals surface area contributed by atoms with E-state index in [1.165, 1.54) is 0 Å². The molecule has 2 N–H and O–H groups in total. The molecule has 0 aliphatic rings. The maximum atomic E-state index is 11.3. The average molecular weight is 183 g/mol. The maximum Gasteiger partial charge on any atom is 0.340 e. The number of nitrogens with one attached hydrogen (secondary N) is 1. The van der Waals surface area contributed by atoms with Crippen molar-refractivity contribution in [1.29, 1.82) is 0 Å². The van der Waals surface area contributed by atoms with E-state index in [-0.39, 0.29) is 5.88 Å². The first-order valence-corrected chi connectivity index (χ1v) is 4.13. The van der Waals surface area contributed by atoms with Crippen LogP contribution in [0.2, 0.25) is 0 Å². The number of aryl methyl sites for hydroxylation is 1. The van der Waals surface area contributed by atoms with Gasteiger partial charge in [0.15, 0.2) is 5.88 Å². The molecule has 0 spiro atoms. The van der Waals surface area contributed by atoms with Crippen LogP contribution < -0.4 is 0 Å². The van der Waals surface area contributed by atoms with E-state index in [0.717, 1.165) is 0 Å². The summed E-state index contributed by atoms with van der Waals surface area (Å²) in [6.07, 6.45) is 0. The zero-order valence-electron chi connectivity index (χ0n) is 7.97. The summed E-state index contributed by atoms with van der Waals surface area (Å²) in [7, 11) is 0. The molecule has 1 aromatic rings. The molecule has 72 valence electrons. The first-order valence-electron chi connectivity index (χ1n) is 4.13. The predicted molar refractivity (Wildman–Crippen MR) is 47.9 cm³/mol. The third-order valence-electron chi connectivity index (χ3n) is 1.89. The second-order valence-electron chi connectivity index (χ2n) is 2.82. The van der Waals surface area contributed by atoms with Gasteiger partial charge >= 0.3 is 5.97 Å². The van der Waals surface area contributed by atoms with E-state index in [4.69, 9.17) is 4.74 Å². The summed E-state index contributed by atoms with van der Waals surface area (Å²) in [5.74, 6) is -0.366. The van der Waals surface area contributed by atoms with Crippen LogP contribution in [0.15, 0.2) is 0 Å². The summed E-state index contributed by atoms with van der Waals surface area (Å²) in [6, 6.07) is 0. The number of ether oxygens (including phenoxy) is 1. The number of H-pyrrole nitrogens is 1. The molecule has 0 atom stereocenters. The average Bonchev–Trinajstić information content (AvgIpc) is 2.27. The highest BCUT2D eigenvalue weighted by Gasteiger charge is 2.18. The van der Waals surface area contributed by atoms with Gasteiger partial charge in [-0.2, -0.15) is 0 Å². The maximum absolute atomic E-state index is 11.3. The number of rotatable bonds is 2. The lowest BCUT2D eigenvalue weighted by Crippen LogP contribution is -2.06. The van der Waals surface area contributed by atoms with Crippen molar-refractivity contribution in [2.24, 2.45) is 0 Å². The van der Waals surface area contributed by atoms with Crippen molar-refractivity contribution < 1.29 is 14.6 Å². The minimum Gasteiger partial charge on any atom is -0.494 e. The molecule has 1 heterocycles. The van der Waals surface area contributed by atoms with Gasteiger partial charge in [0.25, 0.3) is 0 Å². The fourth-order valence-corrected chi connectivity index (χ4v) is 1.24. The van der Waals surface area contributed by atoms with E-state index >= 15 is 0 Å². The third-order valence-corrected chi connectivity index (χ3v) is 1.89. The first-order chi connectivity index (χ1) is 6.07. The summed E-state index contributed by atoms with van der Waals surface area (Å²) in [5, 5.41) is 9.27. The highest BCUT2D eigenvalue weighted by Crippen LogP contribution is 2.23. The molecule has 0 radical (unpaired) electrons. The lowest BCUT2D eigenvalue weighted by molar-refractivity contribution is 0.0525. The van der Waals surface area contributed by atoms with Crippen LogP contribution in [-0.4, -0.2) is 22.7 Å². The number of carbonyl (C=O) groups excluding carboxylic acids is 1. The molecule has 0 fully saturated rings. The Balaban J connectivity index is 3.06. The Hall–Kier alpha value is -1.45. The van der Waals surface area contributed by atoms with E-state index in [1.807, 2.05) is 0 Å². The predicted octanol–water partition coefficient (Wildman–Crippen LogP) is 1.51. The number of esters is 1. The standard InChI is InChI=1S/C9H13NO3/c1-4-13-9(12)7-5(2)8(11)10-6(7)3/h10-11H,4H2,1-3H3. The molecule has 0 bridgehead atoms. The summed E-state index contributed by atoms with van der Waals surface area (Å²) in [6.45, 7) is 5.47. The lowest BCUT2D eigenvalue weighted by atomic mass is 10.2. The number of carbonyl (C=O) groups is 1. The fourth-order valence-electron chi connectivity index (χ4n) is 1.24. The number of hydrogen-bond acceptors (Lipinski definition) is 3. The van der Waals surface area contributed by atoms with Gasteiger partial charge in [-0.15, -0.1) is 0 Å². The van der Waals surface area contributed by atoms with E-state index in [1.54, 1.807) is 20.8 Å². The SMILES string of the molecule is CCOC(=O)c1c(C)[nH]c(O)c1C. The van der Waals surface area contributed by atoms with E-state index in [0.29, 0.717) is 23.4 Å². The second-order valence-corrected chi connectivity index (χ2v) is 2.82. The third kappa shape index (κ3) is 1.66. The fraction of sp³-hybridized carbons (Fsp3) is 0.444. The summed E-state index contributed by atoms with van der Waals surface area (Å²) < 4.78 is 4.83. The summed E-state index contributed by atoms with van der Waals surface area (Å²) >= 11 is 0. The Morgan fingerprint density at radius 3 is 2.54 bits per heavy atom. The molecule has 1 rings (SSSR count). The summed E-state index contributed by atoms with van der Waals surface area (Å²) in [5.41, 5.74) is 1.60. The van der Waals surface area contributed by atoms with Crippen LogP contribution >= 0.6 is 0 Å². The van der Waals surface area contributed by atoms with Gasteiger partial charge in [-0.05, 0) is 20.8 Å². The highest BCUT2D eigenvalue weighted by molar-refractivity contribution is 5.93. The van der Waals surface area contributed by atoms with Crippen molar-refractivity contribution in [2.75, 3.05) is 6.61 Å². The molecule has 1 aromatic heterocycles. The van der Waals surface area contributed by atoms with Gasteiger partial charge in [-0.25, -0.2) is 4.79 Å². The molecule has 0 saturated heterocycles. The molecule has 0 amide bonds. The largest absolute Gasteiger partial charge is 0.494 e. The molecule has 0 saturated carbocycles. The van der Waals surface area contributed by atoms with Crippen LogP contribution in [0.4, 0.5) is 0 Å². The molecule has 4 nitrogen and oxygen atoms in total. The molecule has 4 heteroatoms. The van der Waals surface area contributed by atoms with Gasteiger partial charge in [-0.3, -0.25) is 0 Å². The zero-order chi connectivity index (χ0) is 10.0. The Morgan fingerprint density at radius 1 is 1.54 bits per heavy atom. The zero-order valence-corrected chi connectivity index (χ0v) is 7.97. The Morgan fingerprint density at radius 2 is 2.15 bits per heavy atom. The van der Waals surface area contributed by atoms with E-state index in [9.17, 15) is 9.90 Å². The van der Waals surface area contributed by atoms with Crippen LogP contribution in [0.5, 0.6) is 5.88 Å². The number of aromatic hydroxyl groups is 1. The Kier molecular flexibility index (Phi) is 2.60. The minimum absolute atomic E-state index is 0.0283. The molecule has 13 heavy (non-hydrogen) atoms. The van der Waals surface area contributed by atoms with Crippen molar-refractivity contribution >= 4 is 5.97 Å². The molecular weight excluding hydrogens is 170 g/mol. The number of hydrogen-bond donors (Lipinski definition) is 2. The van der Waals surface area contributed by atoms with Crippen LogP contribution in [0.25, 0.3) is 0 Å². The van der Waals surface area contributed by atoms with Gasteiger partial charge in [0.1, 0.15) is 0 Å². The van der Waals surface area contributed by atoms with Crippen molar-refractivity contribution in [3.05, 3.63) is 16.8 Å². The monoisotopic (exact) mass is 183 g/mol. The van der Waals surface area contributed by atoms with Crippen LogP contribution in [0.3, 0.4) is 0 Å². The van der Waals surface area contributed by atoms with Crippen LogP contribution in [0, 0.1) is 13.8 Å². The van der Waals surface area contributed by atoms with Crippen molar-refractivity contribution in [3.8, 4) is 5.88 Å². The van der Waals surface area contributed by atoms with Crippen molar-refractivity contribution in [2.45, 2.75) is 20.8 Å². The number of aromatic amines is 1. The van der Waals surface area contributed by atoms with E-state index in [2.05, 4.69) is 4.98 Å². The first kappa shape index (κ1) is 9.64. The van der Waals surface area contributed by atoms with Crippen molar-refractivity contribution in [3.63, 3.8) is 0 Å². The van der Waals surface area contributed by atoms with Gasteiger partial charge in [0.2, 0.25) is 0 Å². The second kappa shape index (κ2) is 3.51. The molecule has 0 unspecified atom stereocenters. The lowest BCUT2D eigenvalue weighted by Gasteiger charge is -2.01. The van der Waals surface area contributed by atoms with Crippen LogP contribution in [0.1, 0.15) is 28.5 Å². The van der Waals surface area contributed by atoms with Gasteiger partial charge < -0.3 is 14.8 Å². The van der Waals surface area contributed by atoms with E-state index < -0.39 is 5.97 Å². The normalized spacial score (nSPS) is 10.1. The number of aromatic nitrogens is 1. The van der Waals surface area contributed by atoms with Crippen molar-refractivity contribution in [1.82, 2.24) is 4.98 Å². The smallest absolute Gasteiger partial charge is 0.340 e. The molecule has 0 aliphatic heterocycles. The van der Waals surface area contributed by atoms with Gasteiger partial charge in [0.05, 0.1) is 12.2 Å². The minimum atomic E-state index is -0.394. The highest BCUT2D eigenvalue weighted by atomic mass is 16.5. The summed E-state index contributed by atoms with van der Waals surface area (Å²) in [4.78, 5) is 14.0. The van der Waals surface area contributed by atoms with Gasteiger partial charge in [0, 0.05) is 11.3 Å². The molecule has 0 aliphatic carbocycles. The Bertz CT molecular complexity index is 328. The Labute approximate surface area is 76.5 Å². The molecule has 0 aromatic carbocycles. The van der Waals surface area contributed by atoms with Crippen LogP contribution in [-0.2, 0) is 4.74 Å². The quantitative estimate of drug-likeness (QED) is 0.683. The topological polar surface area (TPSA) is 62.3 Å².